The number of aromatic nitrogens is 2. The SMILES string of the molecule is Cc1noc(C)c1C(=O)NCC1CCN(Cc2cccnc2)CC1. The second-order valence-electron chi connectivity index (χ2n) is 6.49. The van der Waals surface area contributed by atoms with E-state index < -0.39 is 0 Å². The quantitative estimate of drug-likeness (QED) is 0.912. The first-order valence-electron chi connectivity index (χ1n) is 8.46. The predicted octanol–water partition coefficient (Wildman–Crippen LogP) is 2.33. The third-order valence-corrected chi connectivity index (χ3v) is 4.65. The summed E-state index contributed by atoms with van der Waals surface area (Å²) in [4.78, 5) is 18.9. The van der Waals surface area contributed by atoms with Crippen LogP contribution in [0.15, 0.2) is 29.0 Å². The first-order valence-corrected chi connectivity index (χ1v) is 8.46. The Morgan fingerprint density at radius 2 is 2.17 bits per heavy atom. The number of likely N-dealkylation sites (tertiary alicyclic amines) is 1. The molecule has 6 heteroatoms. The van der Waals surface area contributed by atoms with Gasteiger partial charge < -0.3 is 9.84 Å². The molecular formula is C18H24N4O2. The second-order valence-corrected chi connectivity index (χ2v) is 6.49. The number of nitrogens with one attached hydrogen (secondary N) is 1. The van der Waals surface area contributed by atoms with Gasteiger partial charge in [-0.1, -0.05) is 11.2 Å². The molecule has 1 fully saturated rings. The molecule has 2 aromatic rings. The zero-order valence-corrected chi connectivity index (χ0v) is 14.3. The number of amides is 1. The summed E-state index contributed by atoms with van der Waals surface area (Å²) in [5.41, 5.74) is 2.47. The Bertz CT molecular complexity index is 656. The summed E-state index contributed by atoms with van der Waals surface area (Å²) in [5, 5.41) is 6.87. The monoisotopic (exact) mass is 328 g/mol. The molecule has 6 nitrogen and oxygen atoms in total. The van der Waals surface area contributed by atoms with Gasteiger partial charge in [-0.2, -0.15) is 0 Å². The Labute approximate surface area is 142 Å². The van der Waals surface area contributed by atoms with Crippen LogP contribution in [0.4, 0.5) is 0 Å². The van der Waals surface area contributed by atoms with Crippen LogP contribution >= 0.6 is 0 Å². The smallest absolute Gasteiger partial charge is 0.256 e. The number of carbonyl (C=O) groups excluding carboxylic acids is 1. The van der Waals surface area contributed by atoms with Gasteiger partial charge in [0, 0.05) is 25.5 Å². The summed E-state index contributed by atoms with van der Waals surface area (Å²) in [7, 11) is 0. The lowest BCUT2D eigenvalue weighted by Gasteiger charge is -2.31. The molecule has 0 spiro atoms. The first kappa shape index (κ1) is 16.6. The molecule has 24 heavy (non-hydrogen) atoms. The maximum Gasteiger partial charge on any atom is 0.256 e. The van der Waals surface area contributed by atoms with Crippen molar-refractivity contribution in [1.82, 2.24) is 20.4 Å². The normalized spacial score (nSPS) is 16.2. The van der Waals surface area contributed by atoms with E-state index in [0.717, 1.165) is 32.5 Å². The lowest BCUT2D eigenvalue weighted by molar-refractivity contribution is 0.0933. The van der Waals surface area contributed by atoms with E-state index in [9.17, 15) is 4.79 Å². The first-order chi connectivity index (χ1) is 11.6. The maximum atomic E-state index is 12.3. The van der Waals surface area contributed by atoms with Gasteiger partial charge in [-0.05, 0) is 57.3 Å². The summed E-state index contributed by atoms with van der Waals surface area (Å²) in [6.07, 6.45) is 5.93. The second kappa shape index (κ2) is 7.57. The summed E-state index contributed by atoms with van der Waals surface area (Å²) in [6.45, 7) is 7.34. The van der Waals surface area contributed by atoms with Gasteiger partial charge in [0.25, 0.3) is 5.91 Å². The molecule has 128 valence electrons. The van der Waals surface area contributed by atoms with Crippen LogP contribution in [0.3, 0.4) is 0 Å². The van der Waals surface area contributed by atoms with E-state index in [1.807, 2.05) is 12.3 Å². The highest BCUT2D eigenvalue weighted by atomic mass is 16.5. The third kappa shape index (κ3) is 4.00. The van der Waals surface area contributed by atoms with E-state index in [1.165, 1.54) is 5.56 Å². The summed E-state index contributed by atoms with van der Waals surface area (Å²) < 4.78 is 5.06. The number of piperidine rings is 1. The number of hydrogen-bond donors (Lipinski definition) is 1. The van der Waals surface area contributed by atoms with Crippen molar-refractivity contribution < 1.29 is 9.32 Å². The molecule has 1 aliphatic heterocycles. The molecule has 0 radical (unpaired) electrons. The predicted molar refractivity (Wildman–Crippen MR) is 90.5 cm³/mol. The zero-order chi connectivity index (χ0) is 16.9. The molecule has 0 aromatic carbocycles. The van der Waals surface area contributed by atoms with E-state index in [4.69, 9.17) is 4.52 Å². The number of hydrogen-bond acceptors (Lipinski definition) is 5. The molecule has 1 aliphatic rings. The molecule has 0 aliphatic carbocycles. The fourth-order valence-corrected chi connectivity index (χ4v) is 3.23. The third-order valence-electron chi connectivity index (χ3n) is 4.65. The highest BCUT2D eigenvalue weighted by molar-refractivity contribution is 5.96. The Hall–Kier alpha value is -2.21. The van der Waals surface area contributed by atoms with Crippen LogP contribution in [0.2, 0.25) is 0 Å². The molecule has 0 unspecified atom stereocenters. The topological polar surface area (TPSA) is 71.3 Å². The number of pyridine rings is 1. The highest BCUT2D eigenvalue weighted by Crippen LogP contribution is 2.19. The van der Waals surface area contributed by atoms with Crippen molar-refractivity contribution in [2.24, 2.45) is 5.92 Å². The van der Waals surface area contributed by atoms with Gasteiger partial charge >= 0.3 is 0 Å². The fourth-order valence-electron chi connectivity index (χ4n) is 3.23. The summed E-state index contributed by atoms with van der Waals surface area (Å²) in [5.74, 6) is 1.03. The van der Waals surface area contributed by atoms with Crippen LogP contribution in [-0.2, 0) is 6.54 Å². The van der Waals surface area contributed by atoms with E-state index in [0.29, 0.717) is 29.5 Å². The Morgan fingerprint density at radius 1 is 1.38 bits per heavy atom. The molecule has 0 bridgehead atoms. The van der Waals surface area contributed by atoms with E-state index >= 15 is 0 Å². The van der Waals surface area contributed by atoms with Crippen LogP contribution in [0.1, 0.15) is 40.2 Å². The fraction of sp³-hybridized carbons (Fsp3) is 0.500. The summed E-state index contributed by atoms with van der Waals surface area (Å²) in [6, 6.07) is 4.09. The number of aryl methyl sites for hydroxylation is 2. The molecule has 2 aromatic heterocycles. The van der Waals surface area contributed by atoms with E-state index in [-0.39, 0.29) is 5.91 Å². The van der Waals surface area contributed by atoms with Gasteiger partial charge in [-0.3, -0.25) is 14.7 Å². The van der Waals surface area contributed by atoms with E-state index in [1.54, 1.807) is 20.0 Å². The molecule has 1 saturated heterocycles. The largest absolute Gasteiger partial charge is 0.361 e. The Balaban J connectivity index is 1.43. The average molecular weight is 328 g/mol. The van der Waals surface area contributed by atoms with Crippen molar-refractivity contribution in [2.45, 2.75) is 33.2 Å². The molecule has 1 amide bonds. The van der Waals surface area contributed by atoms with Crippen LogP contribution in [0, 0.1) is 19.8 Å². The van der Waals surface area contributed by atoms with Crippen molar-refractivity contribution in [1.29, 1.82) is 0 Å². The van der Waals surface area contributed by atoms with Gasteiger partial charge in [0.2, 0.25) is 0 Å². The minimum atomic E-state index is -0.0796. The molecule has 0 atom stereocenters. The Morgan fingerprint density at radius 3 is 2.79 bits per heavy atom. The van der Waals surface area contributed by atoms with Crippen molar-refractivity contribution in [3.63, 3.8) is 0 Å². The van der Waals surface area contributed by atoms with Crippen molar-refractivity contribution in [2.75, 3.05) is 19.6 Å². The molecule has 3 heterocycles. The lowest BCUT2D eigenvalue weighted by atomic mass is 9.96. The van der Waals surface area contributed by atoms with E-state index in [2.05, 4.69) is 26.4 Å². The minimum Gasteiger partial charge on any atom is -0.361 e. The number of rotatable bonds is 5. The molecule has 1 N–H and O–H groups in total. The van der Waals surface area contributed by atoms with Gasteiger partial charge in [-0.25, -0.2) is 0 Å². The number of carbonyl (C=O) groups is 1. The number of nitrogens with zero attached hydrogens (tertiary/aromatic N) is 3. The lowest BCUT2D eigenvalue weighted by Crippen LogP contribution is -2.38. The van der Waals surface area contributed by atoms with Crippen LogP contribution < -0.4 is 5.32 Å². The van der Waals surface area contributed by atoms with Crippen LogP contribution in [0.25, 0.3) is 0 Å². The van der Waals surface area contributed by atoms with Crippen molar-refractivity contribution in [3.8, 4) is 0 Å². The van der Waals surface area contributed by atoms with Gasteiger partial charge in [-0.15, -0.1) is 0 Å². The van der Waals surface area contributed by atoms with Gasteiger partial charge in [0.15, 0.2) is 0 Å². The van der Waals surface area contributed by atoms with Crippen molar-refractivity contribution in [3.05, 3.63) is 47.1 Å². The Kier molecular flexibility index (Phi) is 5.25. The summed E-state index contributed by atoms with van der Waals surface area (Å²) >= 11 is 0. The van der Waals surface area contributed by atoms with Crippen LogP contribution in [-0.4, -0.2) is 40.6 Å². The molecule has 0 saturated carbocycles. The van der Waals surface area contributed by atoms with Gasteiger partial charge in [0.1, 0.15) is 11.3 Å². The average Bonchev–Trinajstić information content (AvgIpc) is 2.94. The standard InChI is InChI=1S/C18H24N4O2/c1-13-17(14(2)24-21-13)18(23)20-11-15-5-8-22(9-6-15)12-16-4-3-7-19-10-16/h3-4,7,10,15H,5-6,8-9,11-12H2,1-2H3,(H,20,23). The molecular weight excluding hydrogens is 304 g/mol. The van der Waals surface area contributed by atoms with Crippen molar-refractivity contribution >= 4 is 5.91 Å². The maximum absolute atomic E-state index is 12.3. The van der Waals surface area contributed by atoms with Crippen LogP contribution in [0.5, 0.6) is 0 Å². The highest BCUT2D eigenvalue weighted by Gasteiger charge is 2.22. The van der Waals surface area contributed by atoms with Gasteiger partial charge in [0.05, 0.1) is 5.69 Å². The minimum absolute atomic E-state index is 0.0796. The molecule has 3 rings (SSSR count). The zero-order valence-electron chi connectivity index (χ0n) is 14.3.